The monoisotopic (exact) mass is 345 g/mol. The minimum absolute atomic E-state index is 0.0281. The number of nitrogens with zero attached hydrogens (tertiary/aromatic N) is 3. The summed E-state index contributed by atoms with van der Waals surface area (Å²) < 4.78 is 0. The normalized spacial score (nSPS) is 15.1. The summed E-state index contributed by atoms with van der Waals surface area (Å²) in [6.07, 6.45) is 9.50. The number of carbonyl (C=O) groups is 1. The van der Waals surface area contributed by atoms with Gasteiger partial charge in [0, 0.05) is 24.2 Å². The number of anilines is 2. The Hall–Kier alpha value is -3.28. The van der Waals surface area contributed by atoms with Crippen LogP contribution in [0.1, 0.15) is 24.8 Å². The fraction of sp³-hybridized carbons (Fsp3) is 0.200. The van der Waals surface area contributed by atoms with E-state index in [4.69, 9.17) is 5.73 Å². The third-order valence-electron chi connectivity index (χ3n) is 5.00. The Balaban J connectivity index is 1.58. The summed E-state index contributed by atoms with van der Waals surface area (Å²) in [5, 5.41) is 3.00. The summed E-state index contributed by atoms with van der Waals surface area (Å²) >= 11 is 0. The van der Waals surface area contributed by atoms with E-state index in [0.29, 0.717) is 0 Å². The molecule has 0 unspecified atom stereocenters. The van der Waals surface area contributed by atoms with E-state index < -0.39 is 5.41 Å². The number of nitrogens with one attached hydrogen (secondary N) is 1. The highest BCUT2D eigenvalue weighted by atomic mass is 16.2. The van der Waals surface area contributed by atoms with E-state index in [1.165, 1.54) is 0 Å². The maximum Gasteiger partial charge on any atom is 0.235 e. The van der Waals surface area contributed by atoms with Gasteiger partial charge < -0.3 is 11.1 Å². The minimum atomic E-state index is -0.466. The van der Waals surface area contributed by atoms with Gasteiger partial charge in [0.15, 0.2) is 0 Å². The molecule has 1 aliphatic carbocycles. The molecule has 3 aromatic rings. The number of benzene rings is 1. The molecule has 0 atom stereocenters. The molecule has 0 spiro atoms. The van der Waals surface area contributed by atoms with Crippen molar-refractivity contribution in [1.82, 2.24) is 15.0 Å². The van der Waals surface area contributed by atoms with E-state index in [-0.39, 0.29) is 11.9 Å². The molecular formula is C20H19N5O. The fourth-order valence-electron chi connectivity index (χ4n) is 3.33. The molecule has 0 radical (unpaired) electrons. The van der Waals surface area contributed by atoms with Crippen LogP contribution in [0.25, 0.3) is 11.1 Å². The number of nitrogens with two attached hydrogens (primary N) is 1. The number of amides is 1. The van der Waals surface area contributed by atoms with Crippen molar-refractivity contribution < 1.29 is 4.79 Å². The van der Waals surface area contributed by atoms with Gasteiger partial charge in [-0.3, -0.25) is 9.78 Å². The Morgan fingerprint density at radius 1 is 1.00 bits per heavy atom. The number of aromatic nitrogens is 3. The lowest BCUT2D eigenvalue weighted by Crippen LogP contribution is -2.46. The molecule has 130 valence electrons. The molecule has 0 aliphatic heterocycles. The first-order valence-electron chi connectivity index (χ1n) is 8.57. The molecule has 0 saturated heterocycles. The molecule has 26 heavy (non-hydrogen) atoms. The van der Waals surface area contributed by atoms with Gasteiger partial charge in [0.25, 0.3) is 0 Å². The van der Waals surface area contributed by atoms with E-state index in [2.05, 4.69) is 20.3 Å². The Morgan fingerprint density at radius 3 is 2.31 bits per heavy atom. The van der Waals surface area contributed by atoms with Gasteiger partial charge in [-0.15, -0.1) is 0 Å². The number of hydrogen-bond donors (Lipinski definition) is 2. The Morgan fingerprint density at radius 2 is 1.73 bits per heavy atom. The summed E-state index contributed by atoms with van der Waals surface area (Å²) in [7, 11) is 0. The highest BCUT2D eigenvalue weighted by molar-refractivity contribution is 5.99. The van der Waals surface area contributed by atoms with Crippen molar-refractivity contribution in [2.75, 3.05) is 11.1 Å². The summed E-state index contributed by atoms with van der Waals surface area (Å²) in [4.78, 5) is 25.0. The van der Waals surface area contributed by atoms with Crippen LogP contribution < -0.4 is 11.1 Å². The van der Waals surface area contributed by atoms with Crippen LogP contribution >= 0.6 is 0 Å². The fourth-order valence-corrected chi connectivity index (χ4v) is 3.33. The third-order valence-corrected chi connectivity index (χ3v) is 5.00. The second kappa shape index (κ2) is 6.55. The van der Waals surface area contributed by atoms with Crippen molar-refractivity contribution >= 4 is 17.5 Å². The molecule has 2 heterocycles. The molecular weight excluding hydrogens is 326 g/mol. The lowest BCUT2D eigenvalue weighted by Gasteiger charge is -2.40. The molecule has 1 aromatic carbocycles. The average Bonchev–Trinajstić information content (AvgIpc) is 2.63. The van der Waals surface area contributed by atoms with Gasteiger partial charge in [0.2, 0.25) is 11.9 Å². The summed E-state index contributed by atoms with van der Waals surface area (Å²) in [5.41, 5.74) is 8.72. The smallest absolute Gasteiger partial charge is 0.235 e. The first kappa shape index (κ1) is 16.2. The molecule has 2 aromatic heterocycles. The first-order valence-corrected chi connectivity index (χ1v) is 8.57. The van der Waals surface area contributed by atoms with Crippen molar-refractivity contribution in [3.8, 4) is 11.1 Å². The zero-order valence-electron chi connectivity index (χ0n) is 14.2. The topological polar surface area (TPSA) is 93.8 Å². The minimum Gasteiger partial charge on any atom is -0.368 e. The van der Waals surface area contributed by atoms with Crippen LogP contribution in [0.3, 0.4) is 0 Å². The number of hydrogen-bond acceptors (Lipinski definition) is 5. The van der Waals surface area contributed by atoms with Gasteiger partial charge >= 0.3 is 0 Å². The standard InChI is InChI=1S/C20H19N5O/c21-19-23-11-15(12-24-19)14-4-6-16(7-5-14)20(8-2-9-20)18(26)25-17-3-1-10-22-13-17/h1,3-7,10-13H,2,8-9H2,(H,25,26)(H2,21,23,24). The van der Waals surface area contributed by atoms with Gasteiger partial charge in [-0.05, 0) is 36.1 Å². The largest absolute Gasteiger partial charge is 0.368 e. The second-order valence-corrected chi connectivity index (χ2v) is 6.54. The molecule has 1 saturated carbocycles. The summed E-state index contributed by atoms with van der Waals surface area (Å²) in [6, 6.07) is 11.7. The SMILES string of the molecule is Nc1ncc(-c2ccc(C3(C(=O)Nc4cccnc4)CCC3)cc2)cn1. The van der Waals surface area contributed by atoms with Crippen molar-refractivity contribution in [3.63, 3.8) is 0 Å². The number of nitrogen functional groups attached to an aromatic ring is 1. The average molecular weight is 345 g/mol. The van der Waals surface area contributed by atoms with E-state index in [0.717, 1.165) is 41.6 Å². The molecule has 1 fully saturated rings. The van der Waals surface area contributed by atoms with Gasteiger partial charge in [-0.1, -0.05) is 30.7 Å². The maximum atomic E-state index is 12.9. The lowest BCUT2D eigenvalue weighted by molar-refractivity contribution is -0.124. The highest BCUT2D eigenvalue weighted by Crippen LogP contribution is 2.45. The number of carbonyl (C=O) groups excluding carboxylic acids is 1. The molecule has 0 bridgehead atoms. The van der Waals surface area contributed by atoms with Crippen molar-refractivity contribution in [1.29, 1.82) is 0 Å². The highest BCUT2D eigenvalue weighted by Gasteiger charge is 2.45. The maximum absolute atomic E-state index is 12.9. The van der Waals surface area contributed by atoms with Crippen LogP contribution in [0.5, 0.6) is 0 Å². The van der Waals surface area contributed by atoms with Gasteiger partial charge in [-0.25, -0.2) is 9.97 Å². The van der Waals surface area contributed by atoms with Gasteiger partial charge in [0.05, 0.1) is 17.3 Å². The number of rotatable bonds is 4. The van der Waals surface area contributed by atoms with Crippen molar-refractivity contribution in [2.24, 2.45) is 0 Å². The van der Waals surface area contributed by atoms with Crippen LogP contribution in [0.2, 0.25) is 0 Å². The second-order valence-electron chi connectivity index (χ2n) is 6.54. The van der Waals surface area contributed by atoms with E-state index in [1.807, 2.05) is 36.4 Å². The predicted molar refractivity (Wildman–Crippen MR) is 100 cm³/mol. The zero-order chi connectivity index (χ0) is 18.0. The third kappa shape index (κ3) is 2.90. The number of pyridine rings is 1. The van der Waals surface area contributed by atoms with Crippen molar-refractivity contribution in [2.45, 2.75) is 24.7 Å². The molecule has 6 nitrogen and oxygen atoms in total. The Kier molecular flexibility index (Phi) is 4.08. The molecule has 1 amide bonds. The van der Waals surface area contributed by atoms with Crippen LogP contribution in [-0.2, 0) is 10.2 Å². The van der Waals surface area contributed by atoms with Crippen LogP contribution in [-0.4, -0.2) is 20.9 Å². The van der Waals surface area contributed by atoms with Crippen LogP contribution in [0.15, 0.2) is 61.2 Å². The van der Waals surface area contributed by atoms with Crippen LogP contribution in [0.4, 0.5) is 11.6 Å². The van der Waals surface area contributed by atoms with Crippen molar-refractivity contribution in [3.05, 3.63) is 66.7 Å². The molecule has 3 N–H and O–H groups in total. The first-order chi connectivity index (χ1) is 12.7. The van der Waals surface area contributed by atoms with Crippen LogP contribution in [0, 0.1) is 0 Å². The molecule has 4 rings (SSSR count). The Bertz CT molecular complexity index is 903. The zero-order valence-corrected chi connectivity index (χ0v) is 14.2. The summed E-state index contributed by atoms with van der Waals surface area (Å²) in [6.45, 7) is 0. The Labute approximate surface area is 151 Å². The van der Waals surface area contributed by atoms with E-state index in [1.54, 1.807) is 24.8 Å². The van der Waals surface area contributed by atoms with E-state index in [9.17, 15) is 4.79 Å². The molecule has 1 aliphatic rings. The van der Waals surface area contributed by atoms with Gasteiger partial charge in [0.1, 0.15) is 0 Å². The van der Waals surface area contributed by atoms with Gasteiger partial charge in [-0.2, -0.15) is 0 Å². The quantitative estimate of drug-likeness (QED) is 0.757. The predicted octanol–water partition coefficient (Wildman–Crippen LogP) is 3.18. The summed E-state index contributed by atoms with van der Waals surface area (Å²) in [5.74, 6) is 0.284. The van der Waals surface area contributed by atoms with E-state index >= 15 is 0 Å². The lowest BCUT2D eigenvalue weighted by atomic mass is 9.63. The molecule has 6 heteroatoms.